The van der Waals surface area contributed by atoms with Crippen molar-refractivity contribution in [2.45, 2.75) is 18.9 Å². The van der Waals surface area contributed by atoms with Crippen molar-refractivity contribution in [1.82, 2.24) is 25.4 Å². The number of hydrogen-bond acceptors (Lipinski definition) is 7. The minimum absolute atomic E-state index is 0.150. The largest absolute Gasteiger partial charge is 0.347 e. The Hall–Kier alpha value is -4.64. The van der Waals surface area contributed by atoms with Crippen LogP contribution in [0.4, 0.5) is 21.9 Å². The maximum absolute atomic E-state index is 13.4. The number of nitrogens with one attached hydrogen (secondary N) is 2. The minimum atomic E-state index is -0.412. The molecule has 0 radical (unpaired) electrons. The molecule has 2 N–H and O–H groups in total. The lowest BCUT2D eigenvalue weighted by Gasteiger charge is -2.32. The Kier molecular flexibility index (Phi) is 6.04. The van der Waals surface area contributed by atoms with Gasteiger partial charge in [0, 0.05) is 30.9 Å². The van der Waals surface area contributed by atoms with Crippen LogP contribution in [0, 0.1) is 0 Å². The molecule has 190 valence electrons. The van der Waals surface area contributed by atoms with Gasteiger partial charge in [-0.15, -0.1) is 11.3 Å². The number of nitrogens with zero attached hydrogens (tertiary/aromatic N) is 5. The van der Waals surface area contributed by atoms with Crippen molar-refractivity contribution in [3.63, 3.8) is 0 Å². The highest BCUT2D eigenvalue weighted by molar-refractivity contribution is 7.21. The van der Waals surface area contributed by atoms with Gasteiger partial charge in [0.15, 0.2) is 0 Å². The zero-order chi connectivity index (χ0) is 26.2. The summed E-state index contributed by atoms with van der Waals surface area (Å²) in [5.41, 5.74) is 3.10. The van der Waals surface area contributed by atoms with Gasteiger partial charge >= 0.3 is 6.03 Å². The van der Waals surface area contributed by atoms with Gasteiger partial charge in [0.25, 0.3) is 5.91 Å². The normalized spacial score (nSPS) is 16.7. The molecule has 0 bridgehead atoms. The third-order valence-corrected chi connectivity index (χ3v) is 7.76. The first kappa shape index (κ1) is 23.7. The molecular weight excluding hydrogens is 502 g/mol. The Bertz CT molecular complexity index is 1590. The molecule has 6 rings (SSSR count). The highest BCUT2D eigenvalue weighted by Gasteiger charge is 2.34. The molecule has 4 amide bonds. The van der Waals surface area contributed by atoms with Crippen molar-refractivity contribution in [3.05, 3.63) is 72.4 Å². The summed E-state index contributed by atoms with van der Waals surface area (Å²) >= 11 is 1.22. The standard InChI is InChI=1S/C27H23N7O3S/c1-2-21(35)33-12-6-9-17(15-33)30-25(36)24-23-22-20(10-11-28-26(22)38-24)34(27(37)31-23)18-13-19(32-29-14-18)16-7-4-3-5-8-16/h2-5,7-8,10-11,13-14,17H,1,6,9,12,15H2,(H,30,36)(H,31,37). The van der Waals surface area contributed by atoms with Crippen molar-refractivity contribution >= 4 is 56.5 Å². The van der Waals surface area contributed by atoms with Crippen molar-refractivity contribution in [2.75, 3.05) is 23.3 Å². The van der Waals surface area contributed by atoms with Crippen LogP contribution in [0.1, 0.15) is 22.5 Å². The van der Waals surface area contributed by atoms with E-state index in [2.05, 4.69) is 32.4 Å². The molecule has 38 heavy (non-hydrogen) atoms. The number of benzene rings is 1. The average molecular weight is 526 g/mol. The maximum Gasteiger partial charge on any atom is 0.331 e. The van der Waals surface area contributed by atoms with Crippen LogP contribution in [0.5, 0.6) is 0 Å². The smallest absolute Gasteiger partial charge is 0.331 e. The number of urea groups is 1. The molecule has 10 nitrogen and oxygen atoms in total. The van der Waals surface area contributed by atoms with E-state index in [0.29, 0.717) is 50.9 Å². The molecule has 1 atom stereocenters. The molecule has 1 aromatic carbocycles. The van der Waals surface area contributed by atoms with E-state index < -0.39 is 6.03 Å². The second kappa shape index (κ2) is 9.67. The highest BCUT2D eigenvalue weighted by atomic mass is 32.1. The number of thiophene rings is 1. The van der Waals surface area contributed by atoms with E-state index in [1.54, 1.807) is 23.2 Å². The Morgan fingerprint density at radius 3 is 2.87 bits per heavy atom. The average Bonchev–Trinajstić information content (AvgIpc) is 3.33. The number of hydrogen-bond donors (Lipinski definition) is 2. The van der Waals surface area contributed by atoms with E-state index in [1.807, 2.05) is 30.3 Å². The topological polar surface area (TPSA) is 120 Å². The van der Waals surface area contributed by atoms with Crippen LogP contribution in [-0.4, -0.2) is 57.1 Å². The van der Waals surface area contributed by atoms with Crippen LogP contribution < -0.4 is 15.5 Å². The fourth-order valence-electron chi connectivity index (χ4n) is 4.90. The van der Waals surface area contributed by atoms with Gasteiger partial charge in [0.05, 0.1) is 34.3 Å². The first-order chi connectivity index (χ1) is 18.5. The molecule has 0 saturated carbocycles. The van der Waals surface area contributed by atoms with Gasteiger partial charge in [-0.05, 0) is 31.1 Å². The van der Waals surface area contributed by atoms with Crippen LogP contribution in [0.2, 0.25) is 0 Å². The molecule has 3 aromatic heterocycles. The van der Waals surface area contributed by atoms with E-state index in [9.17, 15) is 14.4 Å². The van der Waals surface area contributed by atoms with E-state index in [1.165, 1.54) is 28.5 Å². The number of anilines is 3. The third-order valence-electron chi connectivity index (χ3n) is 6.66. The zero-order valence-corrected chi connectivity index (χ0v) is 21.1. The second-order valence-electron chi connectivity index (χ2n) is 9.05. The van der Waals surface area contributed by atoms with Crippen LogP contribution in [0.15, 0.2) is 67.5 Å². The number of amides is 4. The Labute approximate surface area is 222 Å². The lowest BCUT2D eigenvalue weighted by molar-refractivity contribution is -0.127. The first-order valence-electron chi connectivity index (χ1n) is 12.2. The number of aromatic nitrogens is 3. The van der Waals surface area contributed by atoms with E-state index in [0.717, 1.165) is 18.4 Å². The van der Waals surface area contributed by atoms with E-state index >= 15 is 0 Å². The summed E-state index contributed by atoms with van der Waals surface area (Å²) < 4.78 is 0. The quantitative estimate of drug-likeness (QED) is 0.374. The Balaban J connectivity index is 1.33. The zero-order valence-electron chi connectivity index (χ0n) is 20.3. The van der Waals surface area contributed by atoms with Gasteiger partial charge in [-0.3, -0.25) is 14.5 Å². The number of pyridine rings is 1. The fourth-order valence-corrected chi connectivity index (χ4v) is 5.93. The molecule has 0 spiro atoms. The summed E-state index contributed by atoms with van der Waals surface area (Å²) in [6.07, 6.45) is 5.98. The van der Waals surface area contributed by atoms with Crippen molar-refractivity contribution in [3.8, 4) is 11.3 Å². The predicted molar refractivity (Wildman–Crippen MR) is 146 cm³/mol. The molecule has 1 saturated heterocycles. The van der Waals surface area contributed by atoms with E-state index in [-0.39, 0.29) is 17.9 Å². The van der Waals surface area contributed by atoms with Gasteiger partial charge < -0.3 is 15.5 Å². The molecule has 1 unspecified atom stereocenters. The van der Waals surface area contributed by atoms with Crippen LogP contribution >= 0.6 is 11.3 Å². The fraction of sp³-hybridized carbons (Fsp3) is 0.185. The van der Waals surface area contributed by atoms with E-state index in [4.69, 9.17) is 0 Å². The van der Waals surface area contributed by atoms with Crippen molar-refractivity contribution < 1.29 is 14.4 Å². The number of piperidine rings is 1. The minimum Gasteiger partial charge on any atom is -0.347 e. The predicted octanol–water partition coefficient (Wildman–Crippen LogP) is 4.34. The summed E-state index contributed by atoms with van der Waals surface area (Å²) in [5, 5.41) is 15.0. The molecule has 2 aliphatic rings. The Morgan fingerprint density at radius 1 is 1.21 bits per heavy atom. The lowest BCUT2D eigenvalue weighted by Crippen LogP contribution is -2.49. The SMILES string of the molecule is C=CC(=O)N1CCCC(NC(=O)c2sc3nccc4c3c2NC(=O)N4c2cnnc(-c3ccccc3)c2)C1. The second-order valence-corrected chi connectivity index (χ2v) is 10.0. The van der Waals surface area contributed by atoms with Crippen LogP contribution in [0.25, 0.3) is 21.5 Å². The summed E-state index contributed by atoms with van der Waals surface area (Å²) in [6, 6.07) is 12.5. The molecule has 4 aromatic rings. The maximum atomic E-state index is 13.4. The number of carbonyl (C=O) groups is 3. The lowest BCUT2D eigenvalue weighted by atomic mass is 10.1. The van der Waals surface area contributed by atoms with Gasteiger partial charge in [-0.2, -0.15) is 10.2 Å². The van der Waals surface area contributed by atoms with Crippen molar-refractivity contribution in [2.24, 2.45) is 0 Å². The summed E-state index contributed by atoms with van der Waals surface area (Å²) in [7, 11) is 0. The molecule has 0 aliphatic carbocycles. The van der Waals surface area contributed by atoms with Gasteiger partial charge in [0.2, 0.25) is 5.91 Å². The monoisotopic (exact) mass is 525 g/mol. The van der Waals surface area contributed by atoms with Crippen molar-refractivity contribution in [1.29, 1.82) is 0 Å². The number of carbonyl (C=O) groups excluding carboxylic acids is 3. The van der Waals surface area contributed by atoms with Crippen LogP contribution in [-0.2, 0) is 4.79 Å². The molecule has 1 fully saturated rings. The van der Waals surface area contributed by atoms with Crippen LogP contribution in [0.3, 0.4) is 0 Å². The van der Waals surface area contributed by atoms with Gasteiger partial charge in [-0.1, -0.05) is 36.9 Å². The molecule has 5 heterocycles. The molecule has 11 heteroatoms. The van der Waals surface area contributed by atoms with Gasteiger partial charge in [-0.25, -0.2) is 9.78 Å². The molecule has 2 aliphatic heterocycles. The first-order valence-corrected chi connectivity index (χ1v) is 13.0. The number of likely N-dealkylation sites (tertiary alicyclic amines) is 1. The van der Waals surface area contributed by atoms with Gasteiger partial charge in [0.1, 0.15) is 9.71 Å². The molecular formula is C27H23N7O3S. The summed E-state index contributed by atoms with van der Waals surface area (Å²) in [4.78, 5) is 47.5. The summed E-state index contributed by atoms with van der Waals surface area (Å²) in [6.45, 7) is 4.61. The summed E-state index contributed by atoms with van der Waals surface area (Å²) in [5.74, 6) is -0.458. The highest BCUT2D eigenvalue weighted by Crippen LogP contribution is 2.45. The Morgan fingerprint density at radius 2 is 2.05 bits per heavy atom. The number of rotatable bonds is 5. The third kappa shape index (κ3) is 4.16.